The van der Waals surface area contributed by atoms with E-state index >= 15 is 0 Å². The normalized spacial score (nSPS) is 15.9. The Hall–Kier alpha value is -6.78. The number of fused-ring (bicyclic) bond motifs is 9. The van der Waals surface area contributed by atoms with Crippen molar-refractivity contribution in [2.75, 3.05) is 4.90 Å². The van der Waals surface area contributed by atoms with E-state index in [1.54, 1.807) is 0 Å². The molecule has 3 aromatic heterocycles. The minimum atomic E-state index is -0.284. The average molecular weight is 684 g/mol. The molecule has 252 valence electrons. The lowest BCUT2D eigenvalue weighted by Crippen LogP contribution is -2.42. The lowest BCUT2D eigenvalue weighted by molar-refractivity contribution is 0.571. The third kappa shape index (κ3) is 4.49. The summed E-state index contributed by atoms with van der Waals surface area (Å²) in [6.07, 6.45) is 9.73. The molecule has 1 atom stereocenters. The molecule has 0 saturated carbocycles. The quantitative estimate of drug-likeness (QED) is 0.181. The first kappa shape index (κ1) is 29.9. The van der Waals surface area contributed by atoms with Crippen molar-refractivity contribution < 1.29 is 13.3 Å². The summed E-state index contributed by atoms with van der Waals surface area (Å²) in [4.78, 5) is 2.47. The van der Waals surface area contributed by atoms with Crippen LogP contribution < -0.4 is 4.90 Å². The summed E-state index contributed by atoms with van der Waals surface area (Å²) in [5.41, 5.74) is 11.4. The SMILES string of the molecule is CC1(N(c2ccccc2)c2cccc3oc4cccc(-c5cccc6oc7cc(-c8cccc9c8oc8ccccc89)ccc7c56)c4c23)C=CC=CC1. The predicted octanol–water partition coefficient (Wildman–Crippen LogP) is 14.1. The van der Waals surface area contributed by atoms with Gasteiger partial charge in [0.05, 0.1) is 16.6 Å². The van der Waals surface area contributed by atoms with Gasteiger partial charge in [-0.2, -0.15) is 0 Å². The molecule has 0 amide bonds. The number of rotatable bonds is 5. The molecule has 1 unspecified atom stereocenters. The number of para-hydroxylation sites is 3. The molecule has 0 bridgehead atoms. The summed E-state index contributed by atoms with van der Waals surface area (Å²) in [6, 6.07) is 51.0. The van der Waals surface area contributed by atoms with E-state index in [-0.39, 0.29) is 5.54 Å². The molecule has 1 aliphatic rings. The highest BCUT2D eigenvalue weighted by Gasteiger charge is 2.33. The van der Waals surface area contributed by atoms with E-state index < -0.39 is 0 Å². The van der Waals surface area contributed by atoms with E-state index in [1.165, 1.54) is 0 Å². The number of furan rings is 3. The van der Waals surface area contributed by atoms with Crippen LogP contribution in [0.4, 0.5) is 11.4 Å². The number of hydrogen-bond donors (Lipinski definition) is 0. The Morgan fingerprint density at radius 2 is 1.15 bits per heavy atom. The highest BCUT2D eigenvalue weighted by Crippen LogP contribution is 2.48. The zero-order valence-electron chi connectivity index (χ0n) is 29.0. The highest BCUT2D eigenvalue weighted by atomic mass is 16.3. The Bertz CT molecular complexity index is 3120. The molecule has 11 rings (SSSR count). The van der Waals surface area contributed by atoms with Gasteiger partial charge in [0.15, 0.2) is 0 Å². The minimum absolute atomic E-state index is 0.284. The predicted molar refractivity (Wildman–Crippen MR) is 219 cm³/mol. The van der Waals surface area contributed by atoms with Crippen molar-refractivity contribution >= 4 is 77.2 Å². The van der Waals surface area contributed by atoms with Crippen LogP contribution in [-0.2, 0) is 0 Å². The van der Waals surface area contributed by atoms with Crippen LogP contribution in [0.25, 0.3) is 88.1 Å². The molecule has 4 nitrogen and oxygen atoms in total. The van der Waals surface area contributed by atoms with Gasteiger partial charge in [-0.25, -0.2) is 0 Å². The molecule has 0 spiro atoms. The molecule has 0 N–H and O–H groups in total. The number of hydrogen-bond acceptors (Lipinski definition) is 4. The lowest BCUT2D eigenvalue weighted by atomic mass is 9.89. The fourth-order valence-electron chi connectivity index (χ4n) is 8.62. The monoisotopic (exact) mass is 683 g/mol. The maximum absolute atomic E-state index is 6.67. The van der Waals surface area contributed by atoms with Crippen molar-refractivity contribution in [2.24, 2.45) is 0 Å². The van der Waals surface area contributed by atoms with Gasteiger partial charge in [0.2, 0.25) is 0 Å². The van der Waals surface area contributed by atoms with Crippen LogP contribution in [0, 0.1) is 0 Å². The van der Waals surface area contributed by atoms with Gasteiger partial charge < -0.3 is 18.2 Å². The number of benzene rings is 7. The Morgan fingerprint density at radius 1 is 0.491 bits per heavy atom. The van der Waals surface area contributed by atoms with Gasteiger partial charge in [0.25, 0.3) is 0 Å². The summed E-state index contributed by atoms with van der Waals surface area (Å²) < 4.78 is 19.7. The van der Waals surface area contributed by atoms with Crippen molar-refractivity contribution in [3.63, 3.8) is 0 Å². The van der Waals surface area contributed by atoms with Gasteiger partial charge in [-0.3, -0.25) is 0 Å². The molecule has 3 heterocycles. The van der Waals surface area contributed by atoms with Gasteiger partial charge in [0.1, 0.15) is 33.5 Å². The fraction of sp³-hybridized carbons (Fsp3) is 0.0612. The maximum atomic E-state index is 6.67. The Labute approximate surface area is 305 Å². The molecule has 0 saturated heterocycles. The molecule has 0 fully saturated rings. The van der Waals surface area contributed by atoms with Crippen molar-refractivity contribution in [3.05, 3.63) is 170 Å². The van der Waals surface area contributed by atoms with Crippen LogP contribution in [0.1, 0.15) is 13.3 Å². The number of anilines is 2. The van der Waals surface area contributed by atoms with E-state index in [9.17, 15) is 0 Å². The van der Waals surface area contributed by atoms with E-state index in [0.717, 1.165) is 106 Å². The molecule has 4 heteroatoms. The molecule has 53 heavy (non-hydrogen) atoms. The van der Waals surface area contributed by atoms with Crippen molar-refractivity contribution in [2.45, 2.75) is 18.9 Å². The smallest absolute Gasteiger partial charge is 0.143 e. The summed E-state index contributed by atoms with van der Waals surface area (Å²) in [6.45, 7) is 2.31. The summed E-state index contributed by atoms with van der Waals surface area (Å²) in [7, 11) is 0. The second-order valence-corrected chi connectivity index (χ2v) is 14.2. The van der Waals surface area contributed by atoms with Crippen LogP contribution in [0.2, 0.25) is 0 Å². The zero-order chi connectivity index (χ0) is 35.1. The first-order chi connectivity index (χ1) is 26.1. The van der Waals surface area contributed by atoms with Crippen LogP contribution in [-0.4, -0.2) is 5.54 Å². The molecule has 7 aromatic carbocycles. The first-order valence-electron chi connectivity index (χ1n) is 18.1. The van der Waals surface area contributed by atoms with Gasteiger partial charge in [0, 0.05) is 38.2 Å². The van der Waals surface area contributed by atoms with Crippen molar-refractivity contribution in [1.82, 2.24) is 0 Å². The van der Waals surface area contributed by atoms with E-state index in [2.05, 4.69) is 170 Å². The molecular weight excluding hydrogens is 651 g/mol. The molecule has 0 aliphatic heterocycles. The van der Waals surface area contributed by atoms with Crippen molar-refractivity contribution in [1.29, 1.82) is 0 Å². The lowest BCUT2D eigenvalue weighted by Gasteiger charge is -2.42. The van der Waals surface area contributed by atoms with Crippen molar-refractivity contribution in [3.8, 4) is 22.3 Å². The van der Waals surface area contributed by atoms with E-state index in [0.29, 0.717) is 0 Å². The molecule has 10 aromatic rings. The van der Waals surface area contributed by atoms with E-state index in [1.807, 2.05) is 12.1 Å². The maximum Gasteiger partial charge on any atom is 0.143 e. The topological polar surface area (TPSA) is 42.7 Å². The minimum Gasteiger partial charge on any atom is -0.456 e. The van der Waals surface area contributed by atoms with Gasteiger partial charge in [-0.15, -0.1) is 0 Å². The third-order valence-electron chi connectivity index (χ3n) is 11.0. The van der Waals surface area contributed by atoms with Gasteiger partial charge in [-0.1, -0.05) is 115 Å². The fourth-order valence-corrected chi connectivity index (χ4v) is 8.62. The summed E-state index contributed by atoms with van der Waals surface area (Å²) >= 11 is 0. The Kier molecular flexibility index (Phi) is 6.41. The first-order valence-corrected chi connectivity index (χ1v) is 18.1. The highest BCUT2D eigenvalue weighted by molar-refractivity contribution is 6.22. The second kappa shape index (κ2) is 11.4. The Balaban J connectivity index is 1.13. The standard InChI is InChI=1S/C49H33NO3/c1-49(28-8-3-9-29-49)50(32-14-4-2-5-15-32)39-21-13-25-43-47(39)46-36(19-12-24-42(46)51-43)35-18-11-23-41-45(35)38-27-26-31(30-44(38)52-41)33-17-10-20-37-34-16-6-7-22-40(34)53-48(33)37/h2-28,30H,29H2,1H3. The molecule has 0 radical (unpaired) electrons. The van der Waals surface area contributed by atoms with E-state index in [4.69, 9.17) is 13.3 Å². The molecule has 1 aliphatic carbocycles. The third-order valence-corrected chi connectivity index (χ3v) is 11.0. The Morgan fingerprint density at radius 3 is 1.98 bits per heavy atom. The molecular formula is C49H33NO3. The van der Waals surface area contributed by atoms with Gasteiger partial charge in [-0.05, 0) is 84.6 Å². The van der Waals surface area contributed by atoms with Gasteiger partial charge >= 0.3 is 0 Å². The zero-order valence-corrected chi connectivity index (χ0v) is 29.0. The second-order valence-electron chi connectivity index (χ2n) is 14.2. The summed E-state index contributed by atoms with van der Waals surface area (Å²) in [5.74, 6) is 0. The van der Waals surface area contributed by atoms with Crippen LogP contribution in [0.15, 0.2) is 183 Å². The average Bonchev–Trinajstić information content (AvgIpc) is 3.90. The van der Waals surface area contributed by atoms with Crippen LogP contribution >= 0.6 is 0 Å². The number of nitrogens with zero attached hydrogens (tertiary/aromatic N) is 1. The largest absolute Gasteiger partial charge is 0.456 e. The van der Waals surface area contributed by atoms with Crippen LogP contribution in [0.3, 0.4) is 0 Å². The van der Waals surface area contributed by atoms with Crippen LogP contribution in [0.5, 0.6) is 0 Å². The summed E-state index contributed by atoms with van der Waals surface area (Å²) in [5, 5.41) is 6.57. The number of allylic oxidation sites excluding steroid dienone is 2.